The van der Waals surface area contributed by atoms with E-state index >= 15 is 0 Å². The molecular weight excluding hydrogens is 494 g/mol. The van der Waals surface area contributed by atoms with E-state index in [-0.39, 0.29) is 0 Å². The Morgan fingerprint density at radius 2 is 1.74 bits per heavy atom. The van der Waals surface area contributed by atoms with E-state index in [4.69, 9.17) is 16.3 Å². The van der Waals surface area contributed by atoms with Gasteiger partial charge >= 0.3 is 0 Å². The number of nitrogens with zero attached hydrogens (tertiary/aromatic N) is 2. The smallest absolute Gasteiger partial charge is 0.151 e. The zero-order chi connectivity index (χ0) is 21.2. The molecule has 0 bridgehead atoms. The summed E-state index contributed by atoms with van der Waals surface area (Å²) in [5.41, 5.74) is 2.90. The maximum atomic E-state index is 6.29. The summed E-state index contributed by atoms with van der Waals surface area (Å²) in [4.78, 5) is 9.89. The quantitative estimate of drug-likeness (QED) is 0.259. The van der Waals surface area contributed by atoms with Gasteiger partial charge in [0.1, 0.15) is 22.7 Å². The van der Waals surface area contributed by atoms with Gasteiger partial charge in [0.05, 0.1) is 11.1 Å². The van der Waals surface area contributed by atoms with Crippen LogP contribution >= 0.6 is 38.9 Å². The summed E-state index contributed by atoms with van der Waals surface area (Å²) in [7, 11) is 0. The summed E-state index contributed by atoms with van der Waals surface area (Å²) in [6, 6.07) is 23.3. The third-order valence-corrected chi connectivity index (χ3v) is 6.34. The van der Waals surface area contributed by atoms with Crippen molar-refractivity contribution in [1.29, 1.82) is 0 Å². The third kappa shape index (κ3) is 4.28. The molecule has 2 aromatic heterocycles. The molecule has 3 aromatic carbocycles. The van der Waals surface area contributed by atoms with Crippen molar-refractivity contribution in [3.8, 4) is 22.6 Å². The van der Waals surface area contributed by atoms with E-state index in [2.05, 4.69) is 48.7 Å². The van der Waals surface area contributed by atoms with Crippen LogP contribution in [0.3, 0.4) is 0 Å². The maximum Gasteiger partial charge on any atom is 0.151 e. The molecule has 0 saturated heterocycles. The molecule has 5 aromatic rings. The fourth-order valence-corrected chi connectivity index (χ4v) is 4.60. The minimum absolute atomic E-state index is 0.603. The Labute approximate surface area is 196 Å². The highest BCUT2D eigenvalue weighted by Gasteiger charge is 2.15. The first-order valence-electron chi connectivity index (χ1n) is 9.45. The SMILES string of the molecule is Clc1ccc(Oc2ccccc2)c(Nc2ncnc3scc(-c4ccc(Br)cc4)c23)c1. The molecule has 0 aliphatic carbocycles. The van der Waals surface area contributed by atoms with Crippen molar-refractivity contribution in [2.75, 3.05) is 5.32 Å². The zero-order valence-corrected chi connectivity index (χ0v) is 19.2. The van der Waals surface area contributed by atoms with Gasteiger partial charge in [0.25, 0.3) is 0 Å². The molecule has 0 atom stereocenters. The molecule has 2 heterocycles. The van der Waals surface area contributed by atoms with Crippen molar-refractivity contribution in [2.24, 2.45) is 0 Å². The van der Waals surface area contributed by atoms with Crippen molar-refractivity contribution in [2.45, 2.75) is 0 Å². The van der Waals surface area contributed by atoms with Gasteiger partial charge in [-0.25, -0.2) is 9.97 Å². The molecule has 0 fully saturated rings. The number of aromatic nitrogens is 2. The van der Waals surface area contributed by atoms with E-state index in [0.29, 0.717) is 16.6 Å². The molecule has 7 heteroatoms. The number of ether oxygens (including phenoxy) is 1. The first-order valence-corrected chi connectivity index (χ1v) is 11.5. The fraction of sp³-hybridized carbons (Fsp3) is 0. The number of rotatable bonds is 5. The minimum atomic E-state index is 0.603. The zero-order valence-electron chi connectivity index (χ0n) is 16.0. The molecule has 4 nitrogen and oxygen atoms in total. The molecular formula is C24H15BrClN3OS. The number of benzene rings is 3. The summed E-state index contributed by atoms with van der Waals surface area (Å²) in [6.07, 6.45) is 1.56. The number of thiophene rings is 1. The van der Waals surface area contributed by atoms with Gasteiger partial charge in [-0.3, -0.25) is 0 Å². The summed E-state index contributed by atoms with van der Waals surface area (Å²) in [5, 5.41) is 7.09. The second-order valence-corrected chi connectivity index (χ2v) is 8.95. The Hall–Kier alpha value is -2.93. The molecule has 1 N–H and O–H groups in total. The first-order chi connectivity index (χ1) is 15.2. The largest absolute Gasteiger partial charge is 0.455 e. The predicted molar refractivity (Wildman–Crippen MR) is 132 cm³/mol. The van der Waals surface area contributed by atoms with Crippen molar-refractivity contribution in [3.63, 3.8) is 0 Å². The van der Waals surface area contributed by atoms with Crippen LogP contribution in [0.4, 0.5) is 11.5 Å². The molecule has 0 aliphatic rings. The number of nitrogens with one attached hydrogen (secondary N) is 1. The molecule has 5 rings (SSSR count). The van der Waals surface area contributed by atoms with E-state index in [1.54, 1.807) is 23.7 Å². The van der Waals surface area contributed by atoms with Crippen LogP contribution < -0.4 is 10.1 Å². The molecule has 0 radical (unpaired) electrons. The van der Waals surface area contributed by atoms with E-state index in [1.807, 2.05) is 54.6 Å². The van der Waals surface area contributed by atoms with Crippen LogP contribution in [0.1, 0.15) is 0 Å². The highest BCUT2D eigenvalue weighted by Crippen LogP contribution is 2.40. The van der Waals surface area contributed by atoms with Gasteiger partial charge in [-0.15, -0.1) is 11.3 Å². The van der Waals surface area contributed by atoms with Gasteiger partial charge in [0, 0.05) is 20.4 Å². The fourth-order valence-electron chi connectivity index (χ4n) is 3.24. The van der Waals surface area contributed by atoms with E-state index in [1.165, 1.54) is 0 Å². The topological polar surface area (TPSA) is 47.0 Å². The van der Waals surface area contributed by atoms with Crippen molar-refractivity contribution in [1.82, 2.24) is 9.97 Å². The Balaban J connectivity index is 1.58. The maximum absolute atomic E-state index is 6.29. The number of hydrogen-bond donors (Lipinski definition) is 1. The number of hydrogen-bond acceptors (Lipinski definition) is 5. The average molecular weight is 509 g/mol. The monoisotopic (exact) mass is 507 g/mol. The van der Waals surface area contributed by atoms with Gasteiger partial charge in [-0.05, 0) is 48.0 Å². The van der Waals surface area contributed by atoms with Gasteiger partial charge in [0.15, 0.2) is 5.75 Å². The second kappa shape index (κ2) is 8.67. The van der Waals surface area contributed by atoms with E-state index < -0.39 is 0 Å². The molecule has 0 amide bonds. The number of halogens is 2. The second-order valence-electron chi connectivity index (χ2n) is 6.74. The summed E-state index contributed by atoms with van der Waals surface area (Å²) < 4.78 is 7.13. The number of fused-ring (bicyclic) bond motifs is 1. The van der Waals surface area contributed by atoms with Gasteiger partial charge in [-0.1, -0.05) is 57.9 Å². The molecule has 0 spiro atoms. The number of anilines is 2. The summed E-state index contributed by atoms with van der Waals surface area (Å²) >= 11 is 11.4. The molecule has 0 saturated carbocycles. The van der Waals surface area contributed by atoms with Crippen LogP contribution in [0.25, 0.3) is 21.3 Å². The lowest BCUT2D eigenvalue weighted by molar-refractivity contribution is 0.485. The normalized spacial score (nSPS) is 10.9. The average Bonchev–Trinajstić information content (AvgIpc) is 3.22. The van der Waals surface area contributed by atoms with Crippen molar-refractivity contribution in [3.05, 3.63) is 94.0 Å². The molecule has 0 unspecified atom stereocenters. The highest BCUT2D eigenvalue weighted by atomic mass is 79.9. The van der Waals surface area contributed by atoms with Crippen LogP contribution in [0, 0.1) is 0 Å². The van der Waals surface area contributed by atoms with Crippen LogP contribution in [0.15, 0.2) is 89.0 Å². The first kappa shape index (κ1) is 20.0. The van der Waals surface area contributed by atoms with Gasteiger partial charge in [0.2, 0.25) is 0 Å². The lowest BCUT2D eigenvalue weighted by Gasteiger charge is -2.14. The number of para-hydroxylation sites is 1. The van der Waals surface area contributed by atoms with Crippen molar-refractivity contribution < 1.29 is 4.74 Å². The highest BCUT2D eigenvalue weighted by molar-refractivity contribution is 9.10. The Kier molecular flexibility index (Phi) is 5.59. The Morgan fingerprint density at radius 1 is 0.935 bits per heavy atom. The van der Waals surface area contributed by atoms with Crippen LogP contribution in [-0.4, -0.2) is 9.97 Å². The molecule has 0 aliphatic heterocycles. The molecule has 31 heavy (non-hydrogen) atoms. The van der Waals surface area contributed by atoms with Crippen LogP contribution in [0.5, 0.6) is 11.5 Å². The lowest BCUT2D eigenvalue weighted by atomic mass is 10.1. The minimum Gasteiger partial charge on any atom is -0.455 e. The summed E-state index contributed by atoms with van der Waals surface area (Å²) in [5.74, 6) is 2.10. The van der Waals surface area contributed by atoms with Crippen molar-refractivity contribution >= 4 is 60.6 Å². The van der Waals surface area contributed by atoms with E-state index in [9.17, 15) is 0 Å². The van der Waals surface area contributed by atoms with Gasteiger partial charge in [-0.2, -0.15) is 0 Å². The Morgan fingerprint density at radius 3 is 2.55 bits per heavy atom. The standard InChI is InChI=1S/C24H15BrClN3OS/c25-16-8-6-15(7-9-16)19-13-31-24-22(19)23(27-14-28-24)29-20-12-17(26)10-11-21(20)30-18-4-2-1-3-5-18/h1-14H,(H,27,28,29). The molecule has 152 valence electrons. The Bertz CT molecular complexity index is 1360. The third-order valence-electron chi connectivity index (χ3n) is 4.69. The van der Waals surface area contributed by atoms with Gasteiger partial charge < -0.3 is 10.1 Å². The predicted octanol–water partition coefficient (Wildman–Crippen LogP) is 8.31. The summed E-state index contributed by atoms with van der Waals surface area (Å²) in [6.45, 7) is 0. The lowest BCUT2D eigenvalue weighted by Crippen LogP contribution is -1.98. The van der Waals surface area contributed by atoms with Crippen LogP contribution in [-0.2, 0) is 0 Å². The van der Waals surface area contributed by atoms with E-state index in [0.717, 1.165) is 37.3 Å². The van der Waals surface area contributed by atoms with Crippen LogP contribution in [0.2, 0.25) is 5.02 Å².